The smallest absolute Gasteiger partial charge is 0.211 e. The molecular formula is C5H5N2S. The fourth-order valence-corrected chi connectivity index (χ4v) is 0.837. The van der Waals surface area contributed by atoms with Crippen LogP contribution in [-0.4, -0.2) is 9.36 Å². The molecule has 0 saturated heterocycles. The SMILES string of the molecule is C=CCc1n[c]ns1. The largest absolute Gasteiger partial charge is 0.217 e. The van der Waals surface area contributed by atoms with Crippen molar-refractivity contribution in [3.63, 3.8) is 0 Å². The Balaban J connectivity index is 2.62. The molecule has 1 rings (SSSR count). The lowest BCUT2D eigenvalue weighted by molar-refractivity contribution is 1.16. The van der Waals surface area contributed by atoms with Crippen molar-refractivity contribution in [2.24, 2.45) is 0 Å². The predicted molar refractivity (Wildman–Crippen MR) is 32.6 cm³/mol. The lowest BCUT2D eigenvalue weighted by atomic mass is 10.4. The van der Waals surface area contributed by atoms with Crippen LogP contribution < -0.4 is 0 Å². The Kier molecular flexibility index (Phi) is 1.75. The monoisotopic (exact) mass is 125 g/mol. The van der Waals surface area contributed by atoms with Gasteiger partial charge in [-0.25, -0.2) is 4.98 Å². The van der Waals surface area contributed by atoms with E-state index < -0.39 is 0 Å². The molecule has 1 heterocycles. The van der Waals surface area contributed by atoms with Crippen molar-refractivity contribution in [2.75, 3.05) is 0 Å². The molecule has 0 bridgehead atoms. The Morgan fingerprint density at radius 2 is 2.75 bits per heavy atom. The average Bonchev–Trinajstić information content (AvgIpc) is 2.19. The Labute approximate surface area is 52.1 Å². The maximum atomic E-state index is 3.82. The molecule has 0 amide bonds. The van der Waals surface area contributed by atoms with Crippen molar-refractivity contribution in [1.82, 2.24) is 9.36 Å². The fraction of sp³-hybridized carbons (Fsp3) is 0.200. The lowest BCUT2D eigenvalue weighted by Crippen LogP contribution is -1.73. The van der Waals surface area contributed by atoms with Crippen molar-refractivity contribution < 1.29 is 0 Å². The summed E-state index contributed by atoms with van der Waals surface area (Å²) >= 11 is 1.36. The molecule has 0 spiro atoms. The van der Waals surface area contributed by atoms with Gasteiger partial charge in [0.25, 0.3) is 0 Å². The lowest BCUT2D eigenvalue weighted by Gasteiger charge is -1.77. The molecule has 0 saturated carbocycles. The highest BCUT2D eigenvalue weighted by Crippen LogP contribution is 1.98. The van der Waals surface area contributed by atoms with Crippen molar-refractivity contribution in [2.45, 2.75) is 6.42 Å². The summed E-state index contributed by atoms with van der Waals surface area (Å²) in [4.78, 5) is 3.82. The first-order chi connectivity index (χ1) is 3.93. The molecule has 8 heavy (non-hydrogen) atoms. The Bertz CT molecular complexity index is 157. The number of aromatic nitrogens is 2. The Morgan fingerprint density at radius 3 is 3.25 bits per heavy atom. The summed E-state index contributed by atoms with van der Waals surface area (Å²) in [5, 5.41) is 0.972. The Morgan fingerprint density at radius 1 is 1.88 bits per heavy atom. The summed E-state index contributed by atoms with van der Waals surface area (Å²) in [6.07, 6.45) is 5.09. The fourth-order valence-electron chi connectivity index (χ4n) is 0.376. The molecule has 0 aliphatic rings. The van der Waals surface area contributed by atoms with Gasteiger partial charge in [-0.3, -0.25) is 0 Å². The molecular weight excluding hydrogens is 120 g/mol. The molecule has 0 aliphatic carbocycles. The highest BCUT2D eigenvalue weighted by molar-refractivity contribution is 7.05. The van der Waals surface area contributed by atoms with E-state index in [0.717, 1.165) is 11.4 Å². The van der Waals surface area contributed by atoms with Gasteiger partial charge in [-0.2, -0.15) is 4.37 Å². The molecule has 0 fully saturated rings. The highest BCUT2D eigenvalue weighted by atomic mass is 32.1. The van der Waals surface area contributed by atoms with Crippen molar-refractivity contribution in [3.8, 4) is 0 Å². The van der Waals surface area contributed by atoms with Crippen LogP contribution in [0.1, 0.15) is 5.01 Å². The first-order valence-electron chi connectivity index (χ1n) is 2.23. The van der Waals surface area contributed by atoms with Crippen LogP contribution in [0.3, 0.4) is 0 Å². The highest BCUT2D eigenvalue weighted by Gasteiger charge is 1.89. The molecule has 3 heteroatoms. The number of nitrogens with zero attached hydrogens (tertiary/aromatic N) is 2. The molecule has 0 N–H and O–H groups in total. The number of rotatable bonds is 2. The van der Waals surface area contributed by atoms with Gasteiger partial charge in [0.05, 0.1) is 0 Å². The van der Waals surface area contributed by atoms with E-state index in [4.69, 9.17) is 0 Å². The maximum absolute atomic E-state index is 3.82. The molecule has 41 valence electrons. The summed E-state index contributed by atoms with van der Waals surface area (Å²) in [5.41, 5.74) is 0. The zero-order valence-electron chi connectivity index (χ0n) is 4.29. The van der Waals surface area contributed by atoms with Crippen molar-refractivity contribution in [1.29, 1.82) is 0 Å². The van der Waals surface area contributed by atoms with Crippen LogP contribution in [0.4, 0.5) is 0 Å². The van der Waals surface area contributed by atoms with Crippen LogP contribution in [-0.2, 0) is 6.42 Å². The minimum Gasteiger partial charge on any atom is -0.217 e. The number of allylic oxidation sites excluding steroid dienone is 1. The van der Waals surface area contributed by atoms with Crippen LogP contribution in [0.15, 0.2) is 12.7 Å². The topological polar surface area (TPSA) is 25.8 Å². The van der Waals surface area contributed by atoms with Crippen LogP contribution in [0.2, 0.25) is 0 Å². The molecule has 0 atom stereocenters. The predicted octanol–water partition coefficient (Wildman–Crippen LogP) is 1.07. The van der Waals surface area contributed by atoms with Crippen LogP contribution in [0.25, 0.3) is 0 Å². The second-order valence-corrected chi connectivity index (χ2v) is 2.12. The molecule has 1 radical (unpaired) electrons. The molecule has 0 aromatic carbocycles. The van der Waals surface area contributed by atoms with Gasteiger partial charge >= 0.3 is 0 Å². The normalized spacial score (nSPS) is 9.00. The molecule has 1 aromatic rings. The van der Waals surface area contributed by atoms with Gasteiger partial charge in [0.1, 0.15) is 5.01 Å². The van der Waals surface area contributed by atoms with Gasteiger partial charge < -0.3 is 0 Å². The van der Waals surface area contributed by atoms with E-state index in [1.807, 2.05) is 0 Å². The third-order valence-electron chi connectivity index (χ3n) is 0.686. The van der Waals surface area contributed by atoms with E-state index in [2.05, 4.69) is 22.3 Å². The Hall–Kier alpha value is -0.700. The van der Waals surface area contributed by atoms with E-state index in [9.17, 15) is 0 Å². The van der Waals surface area contributed by atoms with E-state index in [-0.39, 0.29) is 0 Å². The van der Waals surface area contributed by atoms with Crippen molar-refractivity contribution >= 4 is 11.5 Å². The summed E-state index contributed by atoms with van der Waals surface area (Å²) in [5.74, 6) is 0. The van der Waals surface area contributed by atoms with E-state index in [1.165, 1.54) is 11.5 Å². The molecule has 2 nitrogen and oxygen atoms in total. The quantitative estimate of drug-likeness (QED) is 0.552. The summed E-state index contributed by atoms with van der Waals surface area (Å²) in [7, 11) is 0. The maximum Gasteiger partial charge on any atom is 0.211 e. The van der Waals surface area contributed by atoms with E-state index >= 15 is 0 Å². The van der Waals surface area contributed by atoms with Crippen LogP contribution in [0.5, 0.6) is 0 Å². The first-order valence-corrected chi connectivity index (χ1v) is 3.00. The standard InChI is InChI=1S/C5H5N2S/c1-2-3-5-6-4-7-8-5/h2H,1,3H2. The van der Waals surface area contributed by atoms with Crippen LogP contribution >= 0.6 is 11.5 Å². The van der Waals surface area contributed by atoms with E-state index in [1.54, 1.807) is 6.08 Å². The molecule has 0 aliphatic heterocycles. The average molecular weight is 125 g/mol. The second kappa shape index (κ2) is 2.57. The van der Waals surface area contributed by atoms with Crippen LogP contribution in [0, 0.1) is 6.33 Å². The minimum atomic E-state index is 0.807. The minimum absolute atomic E-state index is 0.807. The summed E-state index contributed by atoms with van der Waals surface area (Å²) < 4.78 is 3.70. The third kappa shape index (κ3) is 1.13. The van der Waals surface area contributed by atoms with E-state index in [0.29, 0.717) is 0 Å². The van der Waals surface area contributed by atoms with Gasteiger partial charge in [-0.15, -0.1) is 6.58 Å². The zero-order valence-corrected chi connectivity index (χ0v) is 5.11. The molecule has 0 unspecified atom stereocenters. The van der Waals surface area contributed by atoms with Crippen molar-refractivity contribution in [3.05, 3.63) is 24.0 Å². The second-order valence-electron chi connectivity index (χ2n) is 1.28. The number of hydrogen-bond donors (Lipinski definition) is 0. The van der Waals surface area contributed by atoms with Gasteiger partial charge in [0.15, 0.2) is 0 Å². The van der Waals surface area contributed by atoms with Gasteiger partial charge in [-0.1, -0.05) is 6.08 Å². The number of hydrogen-bond acceptors (Lipinski definition) is 3. The zero-order chi connectivity index (χ0) is 5.82. The van der Waals surface area contributed by atoms with Gasteiger partial charge in [-0.05, 0) is 11.5 Å². The first kappa shape index (κ1) is 5.44. The third-order valence-corrected chi connectivity index (χ3v) is 1.33. The molecule has 1 aromatic heterocycles. The summed E-state index contributed by atoms with van der Waals surface area (Å²) in [6, 6.07) is 0. The van der Waals surface area contributed by atoms with Gasteiger partial charge in [0, 0.05) is 6.42 Å². The van der Waals surface area contributed by atoms with Gasteiger partial charge in [0.2, 0.25) is 6.33 Å². The summed E-state index contributed by atoms with van der Waals surface area (Å²) in [6.45, 7) is 3.56.